The lowest BCUT2D eigenvalue weighted by Crippen LogP contribution is -2.12. The summed E-state index contributed by atoms with van der Waals surface area (Å²) in [6.45, 7) is 1.28. The third kappa shape index (κ3) is 4.73. The van der Waals surface area contributed by atoms with Gasteiger partial charge in [-0.2, -0.15) is 0 Å². The van der Waals surface area contributed by atoms with Crippen LogP contribution in [-0.4, -0.2) is 31.2 Å². The number of amides is 1. The van der Waals surface area contributed by atoms with E-state index in [0.29, 0.717) is 29.4 Å². The minimum Gasteiger partial charge on any atom is -0.383 e. The van der Waals surface area contributed by atoms with Gasteiger partial charge in [0.05, 0.1) is 18.5 Å². The van der Waals surface area contributed by atoms with Crippen molar-refractivity contribution in [3.8, 4) is 0 Å². The third-order valence-electron chi connectivity index (χ3n) is 2.72. The molecule has 1 heterocycles. The fourth-order valence-electron chi connectivity index (χ4n) is 1.69. The number of hydrogen-bond donors (Lipinski definition) is 2. The number of anilines is 2. The van der Waals surface area contributed by atoms with Crippen molar-refractivity contribution in [3.63, 3.8) is 0 Å². The molecule has 0 spiro atoms. The number of rotatable bonds is 6. The summed E-state index contributed by atoms with van der Waals surface area (Å²) >= 11 is 5.86. The third-order valence-corrected chi connectivity index (χ3v) is 2.96. The van der Waals surface area contributed by atoms with Crippen LogP contribution in [0.1, 0.15) is 10.4 Å². The van der Waals surface area contributed by atoms with Crippen molar-refractivity contribution in [2.24, 2.45) is 0 Å². The molecule has 0 saturated heterocycles. The molecule has 21 heavy (non-hydrogen) atoms. The van der Waals surface area contributed by atoms with Crippen molar-refractivity contribution in [2.75, 3.05) is 30.9 Å². The number of carbonyl (C=O) groups is 1. The van der Waals surface area contributed by atoms with E-state index >= 15 is 0 Å². The number of methoxy groups -OCH3 is 1. The quantitative estimate of drug-likeness (QED) is 0.805. The zero-order chi connectivity index (χ0) is 15.1. The monoisotopic (exact) mass is 305 g/mol. The molecule has 0 fully saturated rings. The van der Waals surface area contributed by atoms with Crippen LogP contribution in [0.15, 0.2) is 42.6 Å². The first-order valence-electron chi connectivity index (χ1n) is 6.45. The van der Waals surface area contributed by atoms with Crippen LogP contribution in [-0.2, 0) is 4.74 Å². The number of ether oxygens (including phenoxy) is 1. The van der Waals surface area contributed by atoms with Crippen LogP contribution < -0.4 is 10.6 Å². The lowest BCUT2D eigenvalue weighted by Gasteiger charge is -2.07. The van der Waals surface area contributed by atoms with E-state index < -0.39 is 0 Å². The average Bonchev–Trinajstić information content (AvgIpc) is 2.49. The van der Waals surface area contributed by atoms with Crippen molar-refractivity contribution >= 4 is 29.0 Å². The van der Waals surface area contributed by atoms with Crippen LogP contribution in [0, 0.1) is 0 Å². The zero-order valence-corrected chi connectivity index (χ0v) is 12.4. The van der Waals surface area contributed by atoms with E-state index in [1.807, 2.05) is 0 Å². The molecule has 5 nitrogen and oxygen atoms in total. The van der Waals surface area contributed by atoms with Gasteiger partial charge < -0.3 is 15.4 Å². The van der Waals surface area contributed by atoms with Crippen molar-refractivity contribution in [1.82, 2.24) is 4.98 Å². The predicted molar refractivity (Wildman–Crippen MR) is 84.0 cm³/mol. The highest BCUT2D eigenvalue weighted by Crippen LogP contribution is 2.14. The van der Waals surface area contributed by atoms with E-state index in [4.69, 9.17) is 16.3 Å². The lowest BCUT2D eigenvalue weighted by molar-refractivity contribution is 0.102. The van der Waals surface area contributed by atoms with Gasteiger partial charge in [-0.1, -0.05) is 17.7 Å². The van der Waals surface area contributed by atoms with Crippen molar-refractivity contribution < 1.29 is 9.53 Å². The molecule has 0 radical (unpaired) electrons. The molecular weight excluding hydrogens is 290 g/mol. The van der Waals surface area contributed by atoms with Crippen molar-refractivity contribution in [3.05, 3.63) is 53.2 Å². The first-order valence-corrected chi connectivity index (χ1v) is 6.82. The Hall–Kier alpha value is -2.11. The highest BCUT2D eigenvalue weighted by atomic mass is 35.5. The molecule has 0 aliphatic heterocycles. The number of carbonyl (C=O) groups excluding carboxylic acids is 1. The highest BCUT2D eigenvalue weighted by molar-refractivity contribution is 6.31. The van der Waals surface area contributed by atoms with Crippen LogP contribution in [0.25, 0.3) is 0 Å². The second kappa shape index (κ2) is 7.61. The molecule has 0 aliphatic rings. The molecule has 0 unspecified atom stereocenters. The summed E-state index contributed by atoms with van der Waals surface area (Å²) < 4.78 is 4.94. The van der Waals surface area contributed by atoms with Crippen LogP contribution in [0.5, 0.6) is 0 Å². The standard InChI is InChI=1S/C15H16ClN3O2/c1-21-8-7-17-14-6-5-13(10-18-14)19-15(20)11-3-2-4-12(16)9-11/h2-6,9-10H,7-8H2,1H3,(H,17,18)(H,19,20). The van der Waals surface area contributed by atoms with Crippen LogP contribution in [0.2, 0.25) is 5.02 Å². The molecule has 0 aliphatic carbocycles. The molecular formula is C15H16ClN3O2. The van der Waals surface area contributed by atoms with Crippen molar-refractivity contribution in [1.29, 1.82) is 0 Å². The Morgan fingerprint density at radius 3 is 2.86 bits per heavy atom. The molecule has 0 atom stereocenters. The largest absolute Gasteiger partial charge is 0.383 e. The maximum Gasteiger partial charge on any atom is 0.255 e. The molecule has 1 aromatic carbocycles. The summed E-state index contributed by atoms with van der Waals surface area (Å²) in [4.78, 5) is 16.2. The number of pyridine rings is 1. The van der Waals surface area contributed by atoms with E-state index in [-0.39, 0.29) is 5.91 Å². The summed E-state index contributed by atoms with van der Waals surface area (Å²) in [5.41, 5.74) is 1.13. The second-order valence-electron chi connectivity index (χ2n) is 4.32. The van der Waals surface area contributed by atoms with E-state index in [1.165, 1.54) is 0 Å². The second-order valence-corrected chi connectivity index (χ2v) is 4.75. The van der Waals surface area contributed by atoms with E-state index in [9.17, 15) is 4.79 Å². The first kappa shape index (κ1) is 15.3. The summed E-state index contributed by atoms with van der Waals surface area (Å²) in [6, 6.07) is 10.4. The summed E-state index contributed by atoms with van der Waals surface area (Å²) in [5, 5.41) is 6.39. The maximum atomic E-state index is 12.0. The van der Waals surface area contributed by atoms with Gasteiger partial charge in [0.25, 0.3) is 5.91 Å². The fraction of sp³-hybridized carbons (Fsp3) is 0.200. The molecule has 1 amide bonds. The predicted octanol–water partition coefficient (Wildman–Crippen LogP) is 3.05. The smallest absolute Gasteiger partial charge is 0.255 e. The van der Waals surface area contributed by atoms with Gasteiger partial charge in [0.15, 0.2) is 0 Å². The number of nitrogens with zero attached hydrogens (tertiary/aromatic N) is 1. The molecule has 0 saturated carbocycles. The van der Waals surface area contributed by atoms with Gasteiger partial charge in [0.1, 0.15) is 5.82 Å². The SMILES string of the molecule is COCCNc1ccc(NC(=O)c2cccc(Cl)c2)cn1. The van der Waals surface area contributed by atoms with Crippen LogP contribution >= 0.6 is 11.6 Å². The molecule has 2 rings (SSSR count). The Labute approximate surface area is 128 Å². The maximum absolute atomic E-state index is 12.0. The normalized spacial score (nSPS) is 10.2. The van der Waals surface area contributed by atoms with Crippen LogP contribution in [0.4, 0.5) is 11.5 Å². The number of halogens is 1. The Bertz CT molecular complexity index is 602. The minimum atomic E-state index is -0.223. The van der Waals surface area contributed by atoms with Gasteiger partial charge in [0.2, 0.25) is 0 Å². The fourth-order valence-corrected chi connectivity index (χ4v) is 1.88. The van der Waals surface area contributed by atoms with Gasteiger partial charge in [-0.3, -0.25) is 4.79 Å². The Kier molecular flexibility index (Phi) is 5.54. The van der Waals surface area contributed by atoms with Gasteiger partial charge in [-0.15, -0.1) is 0 Å². The van der Waals surface area contributed by atoms with Gasteiger partial charge in [-0.25, -0.2) is 4.98 Å². The Balaban J connectivity index is 1.95. The Morgan fingerprint density at radius 1 is 1.33 bits per heavy atom. The molecule has 2 N–H and O–H groups in total. The minimum absolute atomic E-state index is 0.223. The van der Waals surface area contributed by atoms with E-state index in [0.717, 1.165) is 5.82 Å². The number of benzene rings is 1. The molecule has 110 valence electrons. The van der Waals surface area contributed by atoms with Gasteiger partial charge >= 0.3 is 0 Å². The lowest BCUT2D eigenvalue weighted by atomic mass is 10.2. The van der Waals surface area contributed by atoms with Gasteiger partial charge in [-0.05, 0) is 30.3 Å². The topological polar surface area (TPSA) is 63.2 Å². The number of nitrogens with one attached hydrogen (secondary N) is 2. The molecule has 6 heteroatoms. The zero-order valence-electron chi connectivity index (χ0n) is 11.6. The first-order chi connectivity index (χ1) is 10.2. The summed E-state index contributed by atoms with van der Waals surface area (Å²) in [6.07, 6.45) is 1.59. The number of hydrogen-bond acceptors (Lipinski definition) is 4. The molecule has 2 aromatic rings. The average molecular weight is 306 g/mol. The van der Waals surface area contributed by atoms with Crippen molar-refractivity contribution in [2.45, 2.75) is 0 Å². The summed E-state index contributed by atoms with van der Waals surface area (Å²) in [5.74, 6) is 0.507. The van der Waals surface area contributed by atoms with E-state index in [2.05, 4.69) is 15.6 Å². The summed E-state index contributed by atoms with van der Waals surface area (Å²) in [7, 11) is 1.64. The molecule has 0 bridgehead atoms. The van der Waals surface area contributed by atoms with E-state index in [1.54, 1.807) is 49.7 Å². The van der Waals surface area contributed by atoms with Gasteiger partial charge in [0, 0.05) is 24.2 Å². The Morgan fingerprint density at radius 2 is 2.19 bits per heavy atom. The molecule has 1 aromatic heterocycles. The number of aromatic nitrogens is 1. The van der Waals surface area contributed by atoms with Crippen LogP contribution in [0.3, 0.4) is 0 Å². The highest BCUT2D eigenvalue weighted by Gasteiger charge is 2.06.